The zero-order valence-corrected chi connectivity index (χ0v) is 28.7. The number of pyridine rings is 2. The molecule has 0 unspecified atom stereocenters. The largest absolute Gasteiger partial charge is 0.354 e. The van der Waals surface area contributed by atoms with Crippen molar-refractivity contribution in [2.45, 2.75) is 42.2 Å². The van der Waals surface area contributed by atoms with Crippen molar-refractivity contribution in [3.8, 4) is 0 Å². The molecule has 2 aromatic heterocycles. The van der Waals surface area contributed by atoms with E-state index in [1.165, 1.54) is 21.6 Å². The van der Waals surface area contributed by atoms with Crippen LogP contribution in [-0.2, 0) is 19.2 Å². The number of carbonyl (C=O) groups is 4. The number of aromatic nitrogens is 2. The molecule has 0 aromatic carbocycles. The van der Waals surface area contributed by atoms with E-state index < -0.39 is 0 Å². The third kappa shape index (κ3) is 21.0. The molecular formula is C29H44N8O4S4. The Hall–Kier alpha value is -2.50. The Labute approximate surface area is 281 Å². The number of carbonyl (C=O) groups excluding carboxylic acids is 4. The highest BCUT2D eigenvalue weighted by Crippen LogP contribution is 2.29. The first-order chi connectivity index (χ1) is 22.0. The van der Waals surface area contributed by atoms with Crippen molar-refractivity contribution in [2.75, 3.05) is 63.9 Å². The summed E-state index contributed by atoms with van der Waals surface area (Å²) < 4.78 is 0. The third-order valence-electron chi connectivity index (χ3n) is 5.92. The molecule has 2 rings (SSSR count). The van der Waals surface area contributed by atoms with Crippen LogP contribution >= 0.6 is 43.2 Å². The highest BCUT2D eigenvalue weighted by atomic mass is 33.1. The summed E-state index contributed by atoms with van der Waals surface area (Å²) in [4.78, 5) is 59.2. The zero-order chi connectivity index (χ0) is 32.4. The minimum absolute atomic E-state index is 0.0576. The maximum atomic E-state index is 12.3. The van der Waals surface area contributed by atoms with Gasteiger partial charge < -0.3 is 31.9 Å². The molecule has 2 aromatic rings. The van der Waals surface area contributed by atoms with Crippen LogP contribution in [0.25, 0.3) is 0 Å². The Morgan fingerprint density at radius 1 is 0.622 bits per heavy atom. The zero-order valence-electron chi connectivity index (χ0n) is 25.4. The van der Waals surface area contributed by atoms with Gasteiger partial charge in [0.05, 0.1) is 0 Å². The molecular weight excluding hydrogens is 653 g/mol. The summed E-state index contributed by atoms with van der Waals surface area (Å²) in [5.74, 6) is 0.992. The van der Waals surface area contributed by atoms with Crippen LogP contribution in [0.1, 0.15) is 32.1 Å². The van der Waals surface area contributed by atoms with E-state index in [-0.39, 0.29) is 36.5 Å². The summed E-state index contributed by atoms with van der Waals surface area (Å²) in [6.07, 6.45) is 5.59. The minimum atomic E-state index is -0.113. The van der Waals surface area contributed by atoms with Crippen molar-refractivity contribution in [3.63, 3.8) is 0 Å². The molecule has 0 saturated carbocycles. The first-order valence-electron chi connectivity index (χ1n) is 14.9. The smallest absolute Gasteiger partial charge is 0.221 e. The number of nitrogens with zero attached hydrogens (tertiary/aromatic N) is 3. The average Bonchev–Trinajstić information content (AvgIpc) is 3.06. The van der Waals surface area contributed by atoms with Crippen molar-refractivity contribution in [2.24, 2.45) is 5.73 Å². The lowest BCUT2D eigenvalue weighted by Gasteiger charge is -2.21. The lowest BCUT2D eigenvalue weighted by Crippen LogP contribution is -2.38. The average molecular weight is 697 g/mol. The van der Waals surface area contributed by atoms with Crippen LogP contribution in [0.5, 0.6) is 0 Å². The molecule has 0 spiro atoms. The molecule has 2 heterocycles. The molecule has 4 amide bonds. The van der Waals surface area contributed by atoms with Gasteiger partial charge in [0, 0.05) is 88.9 Å². The second-order valence-electron chi connectivity index (χ2n) is 9.53. The minimum Gasteiger partial charge on any atom is -0.354 e. The van der Waals surface area contributed by atoms with Crippen molar-refractivity contribution in [3.05, 3.63) is 48.8 Å². The standard InChI is InChI=1S/C29H44N8O4S4/c30-12-5-19-37(20-8-24(38)31-15-17-33-26(40)10-22-42-44-28-6-1-3-13-35-28)21-9-25(39)32-16-18-34-27(41)11-23-43-45-29-7-2-4-14-36-29/h1-4,6-7,13-14H,5,8-12,15-23,30H2,(H,31,38)(H,32,39)(H,33,40)(H,34,41). The molecule has 0 fully saturated rings. The predicted molar refractivity (Wildman–Crippen MR) is 186 cm³/mol. The Balaban J connectivity index is 1.48. The van der Waals surface area contributed by atoms with Gasteiger partial charge in [-0.3, -0.25) is 19.2 Å². The Bertz CT molecular complexity index is 1040. The Morgan fingerprint density at radius 3 is 1.42 bits per heavy atom. The van der Waals surface area contributed by atoms with Crippen LogP contribution in [-0.4, -0.2) is 102 Å². The topological polar surface area (TPSA) is 171 Å². The fraction of sp³-hybridized carbons (Fsp3) is 0.517. The summed E-state index contributed by atoms with van der Waals surface area (Å²) in [5, 5.41) is 13.1. The summed E-state index contributed by atoms with van der Waals surface area (Å²) in [5.41, 5.74) is 5.66. The third-order valence-corrected chi connectivity index (χ3v) is 10.4. The van der Waals surface area contributed by atoms with Gasteiger partial charge in [0.2, 0.25) is 23.6 Å². The van der Waals surface area contributed by atoms with E-state index in [1.54, 1.807) is 34.0 Å². The van der Waals surface area contributed by atoms with Crippen LogP contribution < -0.4 is 27.0 Å². The Kier molecular flexibility index (Phi) is 22.1. The highest BCUT2D eigenvalue weighted by Gasteiger charge is 2.11. The van der Waals surface area contributed by atoms with E-state index in [1.807, 2.05) is 36.4 Å². The molecule has 0 atom stereocenters. The maximum absolute atomic E-state index is 12.3. The van der Waals surface area contributed by atoms with Crippen LogP contribution in [0, 0.1) is 0 Å². The first kappa shape index (κ1) is 38.7. The van der Waals surface area contributed by atoms with E-state index >= 15 is 0 Å². The molecule has 0 aliphatic rings. The molecule has 0 saturated heterocycles. The van der Waals surface area contributed by atoms with Gasteiger partial charge >= 0.3 is 0 Å². The van der Waals surface area contributed by atoms with Crippen molar-refractivity contribution < 1.29 is 19.2 Å². The molecule has 0 radical (unpaired) electrons. The van der Waals surface area contributed by atoms with E-state index in [0.717, 1.165) is 16.5 Å². The van der Waals surface area contributed by atoms with Gasteiger partial charge in [-0.15, -0.1) is 0 Å². The second-order valence-corrected chi connectivity index (χ2v) is 14.4. The van der Waals surface area contributed by atoms with Gasteiger partial charge in [-0.05, 0) is 65.4 Å². The molecule has 0 aliphatic carbocycles. The predicted octanol–water partition coefficient (Wildman–Crippen LogP) is 2.33. The fourth-order valence-electron chi connectivity index (χ4n) is 3.60. The van der Waals surface area contributed by atoms with Crippen molar-refractivity contribution in [1.29, 1.82) is 0 Å². The van der Waals surface area contributed by atoms with E-state index in [0.29, 0.717) is 76.7 Å². The van der Waals surface area contributed by atoms with E-state index in [9.17, 15) is 19.2 Å². The van der Waals surface area contributed by atoms with Crippen LogP contribution in [0.15, 0.2) is 58.8 Å². The number of nitrogens with one attached hydrogen (secondary N) is 4. The monoisotopic (exact) mass is 696 g/mol. The van der Waals surface area contributed by atoms with Gasteiger partial charge in [0.1, 0.15) is 10.1 Å². The van der Waals surface area contributed by atoms with Gasteiger partial charge in [0.15, 0.2) is 0 Å². The Morgan fingerprint density at radius 2 is 1.04 bits per heavy atom. The molecule has 16 heteroatoms. The molecule has 248 valence electrons. The number of hydrogen-bond donors (Lipinski definition) is 5. The van der Waals surface area contributed by atoms with Gasteiger partial charge in [-0.2, -0.15) is 0 Å². The molecule has 12 nitrogen and oxygen atoms in total. The molecule has 45 heavy (non-hydrogen) atoms. The number of rotatable bonds is 25. The number of nitrogens with two attached hydrogens (primary N) is 1. The van der Waals surface area contributed by atoms with Crippen LogP contribution in [0.2, 0.25) is 0 Å². The summed E-state index contributed by atoms with van der Waals surface area (Å²) in [7, 11) is 6.23. The fourth-order valence-corrected chi connectivity index (χ4v) is 7.33. The van der Waals surface area contributed by atoms with Crippen LogP contribution in [0.4, 0.5) is 0 Å². The second kappa shape index (κ2) is 25.7. The van der Waals surface area contributed by atoms with Crippen molar-refractivity contribution >= 4 is 66.8 Å². The van der Waals surface area contributed by atoms with E-state index in [4.69, 9.17) is 5.73 Å². The normalized spacial score (nSPS) is 10.8. The quantitative estimate of drug-likeness (QED) is 0.0760. The summed E-state index contributed by atoms with van der Waals surface area (Å²) in [6.45, 7) is 3.66. The molecule has 0 bridgehead atoms. The lowest BCUT2D eigenvalue weighted by molar-refractivity contribution is -0.123. The van der Waals surface area contributed by atoms with Gasteiger partial charge in [0.25, 0.3) is 0 Å². The molecule has 0 aliphatic heterocycles. The maximum Gasteiger partial charge on any atom is 0.221 e. The van der Waals surface area contributed by atoms with E-state index in [2.05, 4.69) is 36.1 Å². The SMILES string of the molecule is NCCCN(CCC(=O)NCCNC(=O)CCSSc1ccccn1)CCC(=O)NCCNC(=O)CCSSc1ccccn1. The summed E-state index contributed by atoms with van der Waals surface area (Å²) >= 11 is 0. The van der Waals surface area contributed by atoms with Gasteiger partial charge in [-0.1, -0.05) is 33.7 Å². The highest BCUT2D eigenvalue weighted by molar-refractivity contribution is 8.77. The summed E-state index contributed by atoms with van der Waals surface area (Å²) in [6, 6.07) is 11.4. The first-order valence-corrected chi connectivity index (χ1v) is 19.5. The lowest BCUT2D eigenvalue weighted by atomic mass is 10.2. The van der Waals surface area contributed by atoms with Crippen LogP contribution in [0.3, 0.4) is 0 Å². The van der Waals surface area contributed by atoms with Gasteiger partial charge in [-0.25, -0.2) is 9.97 Å². The number of amides is 4. The van der Waals surface area contributed by atoms with Crippen molar-refractivity contribution in [1.82, 2.24) is 36.1 Å². The number of hydrogen-bond acceptors (Lipinski definition) is 12. The molecule has 6 N–H and O–H groups in total.